The van der Waals surface area contributed by atoms with Crippen LogP contribution in [0.15, 0.2) is 76.7 Å². The standard InChI is InChI=1S/C27H25N3O4S/c1-33-20-13-14-23(24(16-20)34-2)30-26(32)21-6-3-4-7-22(21)28-27(30)35-17-18-9-11-19(12-10-18)29-15-5-8-25(29)31/h3-4,6-7,9-14,16H,5,8,15,17H2,1-2H3. The van der Waals surface area contributed by atoms with E-state index in [1.54, 1.807) is 43.1 Å². The third-order valence-electron chi connectivity index (χ3n) is 6.06. The van der Waals surface area contributed by atoms with Gasteiger partial charge in [0.05, 0.1) is 30.8 Å². The van der Waals surface area contributed by atoms with E-state index in [0.29, 0.717) is 45.4 Å². The molecule has 5 rings (SSSR count). The molecule has 0 unspecified atom stereocenters. The van der Waals surface area contributed by atoms with Crippen molar-refractivity contribution in [1.29, 1.82) is 0 Å². The number of ether oxygens (including phenoxy) is 2. The molecule has 1 amide bonds. The number of thioether (sulfide) groups is 1. The zero-order chi connectivity index (χ0) is 24.4. The summed E-state index contributed by atoms with van der Waals surface area (Å²) >= 11 is 1.48. The molecule has 7 nitrogen and oxygen atoms in total. The largest absolute Gasteiger partial charge is 0.497 e. The molecule has 0 bridgehead atoms. The highest BCUT2D eigenvalue weighted by atomic mass is 32.2. The van der Waals surface area contributed by atoms with Gasteiger partial charge < -0.3 is 14.4 Å². The summed E-state index contributed by atoms with van der Waals surface area (Å²) < 4.78 is 12.5. The molecule has 35 heavy (non-hydrogen) atoms. The van der Waals surface area contributed by atoms with Crippen molar-refractivity contribution >= 4 is 34.3 Å². The fourth-order valence-corrected chi connectivity index (χ4v) is 5.19. The van der Waals surface area contributed by atoms with Crippen molar-refractivity contribution in [3.63, 3.8) is 0 Å². The predicted octanol–water partition coefficient (Wildman–Crippen LogP) is 4.82. The van der Waals surface area contributed by atoms with Gasteiger partial charge in [-0.1, -0.05) is 36.0 Å². The lowest BCUT2D eigenvalue weighted by atomic mass is 10.2. The summed E-state index contributed by atoms with van der Waals surface area (Å²) in [4.78, 5) is 32.3. The Hall–Kier alpha value is -3.78. The summed E-state index contributed by atoms with van der Waals surface area (Å²) in [5, 5.41) is 1.10. The Morgan fingerprint density at radius 3 is 2.49 bits per heavy atom. The molecule has 178 valence electrons. The van der Waals surface area contributed by atoms with E-state index in [9.17, 15) is 9.59 Å². The van der Waals surface area contributed by atoms with Crippen LogP contribution >= 0.6 is 11.8 Å². The molecule has 0 saturated carbocycles. The van der Waals surface area contributed by atoms with Crippen LogP contribution in [0.5, 0.6) is 11.5 Å². The molecular formula is C27H25N3O4S. The molecule has 3 aromatic carbocycles. The number of nitrogens with zero attached hydrogens (tertiary/aromatic N) is 3. The Labute approximate surface area is 207 Å². The smallest absolute Gasteiger partial charge is 0.266 e. The molecule has 0 spiro atoms. The lowest BCUT2D eigenvalue weighted by Crippen LogP contribution is -2.23. The molecule has 2 heterocycles. The summed E-state index contributed by atoms with van der Waals surface area (Å²) in [6, 6.07) is 20.7. The topological polar surface area (TPSA) is 73.7 Å². The van der Waals surface area contributed by atoms with Gasteiger partial charge in [-0.05, 0) is 48.4 Å². The van der Waals surface area contributed by atoms with Crippen molar-refractivity contribution < 1.29 is 14.3 Å². The predicted molar refractivity (Wildman–Crippen MR) is 138 cm³/mol. The van der Waals surface area contributed by atoms with Crippen LogP contribution in [-0.4, -0.2) is 36.2 Å². The number of benzene rings is 3. The molecule has 1 aliphatic rings. The molecule has 0 atom stereocenters. The maximum atomic E-state index is 13.6. The average Bonchev–Trinajstić information content (AvgIpc) is 3.33. The summed E-state index contributed by atoms with van der Waals surface area (Å²) in [6.07, 6.45) is 1.51. The van der Waals surface area contributed by atoms with Gasteiger partial charge in [0.2, 0.25) is 5.91 Å². The number of aromatic nitrogens is 2. The van der Waals surface area contributed by atoms with Crippen molar-refractivity contribution in [2.45, 2.75) is 23.8 Å². The van der Waals surface area contributed by atoms with Crippen LogP contribution in [0.2, 0.25) is 0 Å². The van der Waals surface area contributed by atoms with E-state index >= 15 is 0 Å². The van der Waals surface area contributed by atoms with Gasteiger partial charge >= 0.3 is 0 Å². The molecule has 0 radical (unpaired) electrons. The number of carbonyl (C=O) groups excluding carboxylic acids is 1. The second-order valence-corrected chi connectivity index (χ2v) is 9.14. The molecule has 8 heteroatoms. The van der Waals surface area contributed by atoms with Gasteiger partial charge in [-0.15, -0.1) is 0 Å². The fourth-order valence-electron chi connectivity index (χ4n) is 4.23. The summed E-state index contributed by atoms with van der Waals surface area (Å²) in [5.41, 5.74) is 3.07. The number of hydrogen-bond acceptors (Lipinski definition) is 6. The van der Waals surface area contributed by atoms with Crippen molar-refractivity contribution in [3.05, 3.63) is 82.6 Å². The van der Waals surface area contributed by atoms with Gasteiger partial charge in [0.25, 0.3) is 5.56 Å². The zero-order valence-corrected chi connectivity index (χ0v) is 20.4. The van der Waals surface area contributed by atoms with Crippen LogP contribution in [-0.2, 0) is 10.5 Å². The maximum absolute atomic E-state index is 13.6. The second-order valence-electron chi connectivity index (χ2n) is 8.19. The third-order valence-corrected chi connectivity index (χ3v) is 7.07. The maximum Gasteiger partial charge on any atom is 0.266 e. The van der Waals surface area contributed by atoms with E-state index in [1.807, 2.05) is 47.4 Å². The highest BCUT2D eigenvalue weighted by Crippen LogP contribution is 2.32. The Balaban J connectivity index is 1.51. The minimum Gasteiger partial charge on any atom is -0.497 e. The highest BCUT2D eigenvalue weighted by molar-refractivity contribution is 7.98. The molecule has 4 aromatic rings. The number of methoxy groups -OCH3 is 2. The van der Waals surface area contributed by atoms with Crippen molar-refractivity contribution in [1.82, 2.24) is 9.55 Å². The number of carbonyl (C=O) groups is 1. The van der Waals surface area contributed by atoms with Crippen LogP contribution in [0.3, 0.4) is 0 Å². The third kappa shape index (κ3) is 4.49. The molecule has 1 aromatic heterocycles. The summed E-state index contributed by atoms with van der Waals surface area (Å²) in [5.74, 6) is 1.94. The van der Waals surface area contributed by atoms with Gasteiger partial charge in [-0.2, -0.15) is 0 Å². The van der Waals surface area contributed by atoms with Gasteiger partial charge in [-0.3, -0.25) is 14.2 Å². The van der Waals surface area contributed by atoms with Gasteiger partial charge in [0.1, 0.15) is 11.5 Å². The van der Waals surface area contributed by atoms with Crippen molar-refractivity contribution in [3.8, 4) is 17.2 Å². The first-order valence-corrected chi connectivity index (χ1v) is 12.3. The SMILES string of the molecule is COc1ccc(-n2c(SCc3ccc(N4CCCC4=O)cc3)nc3ccccc3c2=O)c(OC)c1. The molecule has 0 N–H and O–H groups in total. The highest BCUT2D eigenvalue weighted by Gasteiger charge is 2.21. The monoisotopic (exact) mass is 487 g/mol. The normalized spacial score (nSPS) is 13.4. The van der Waals surface area contributed by atoms with Gasteiger partial charge in [0.15, 0.2) is 5.16 Å². The van der Waals surface area contributed by atoms with Crippen molar-refractivity contribution in [2.24, 2.45) is 0 Å². The van der Waals surface area contributed by atoms with E-state index in [4.69, 9.17) is 14.5 Å². The van der Waals surface area contributed by atoms with E-state index < -0.39 is 0 Å². The van der Waals surface area contributed by atoms with Gasteiger partial charge in [-0.25, -0.2) is 4.98 Å². The summed E-state index contributed by atoms with van der Waals surface area (Å²) in [7, 11) is 3.15. The van der Waals surface area contributed by atoms with Crippen LogP contribution in [0, 0.1) is 0 Å². The van der Waals surface area contributed by atoms with Crippen LogP contribution < -0.4 is 19.9 Å². The number of hydrogen-bond donors (Lipinski definition) is 0. The first-order chi connectivity index (χ1) is 17.1. The molecule has 1 saturated heterocycles. The molecule has 1 aliphatic heterocycles. The number of anilines is 1. The lowest BCUT2D eigenvalue weighted by Gasteiger charge is -2.17. The van der Waals surface area contributed by atoms with E-state index in [0.717, 1.165) is 24.2 Å². The Morgan fingerprint density at radius 2 is 1.77 bits per heavy atom. The summed E-state index contributed by atoms with van der Waals surface area (Å²) in [6.45, 7) is 0.768. The second kappa shape index (κ2) is 9.84. The quantitative estimate of drug-likeness (QED) is 0.275. The van der Waals surface area contributed by atoms with E-state index in [1.165, 1.54) is 11.8 Å². The molecular weight excluding hydrogens is 462 g/mol. The average molecular weight is 488 g/mol. The Morgan fingerprint density at radius 1 is 0.971 bits per heavy atom. The first-order valence-electron chi connectivity index (χ1n) is 11.4. The number of fused-ring (bicyclic) bond motifs is 1. The van der Waals surface area contributed by atoms with Crippen LogP contribution in [0.1, 0.15) is 18.4 Å². The molecule has 1 fully saturated rings. The molecule has 0 aliphatic carbocycles. The minimum atomic E-state index is -0.163. The number of amides is 1. The zero-order valence-electron chi connectivity index (χ0n) is 19.6. The van der Waals surface area contributed by atoms with Crippen molar-refractivity contribution in [2.75, 3.05) is 25.7 Å². The minimum absolute atomic E-state index is 0.163. The van der Waals surface area contributed by atoms with Gasteiger partial charge in [0, 0.05) is 30.5 Å². The number of para-hydroxylation sites is 1. The van der Waals surface area contributed by atoms with E-state index in [-0.39, 0.29) is 11.5 Å². The Kier molecular flexibility index (Phi) is 6.46. The van der Waals surface area contributed by atoms with Crippen LogP contribution in [0.25, 0.3) is 16.6 Å². The Bertz CT molecular complexity index is 1450. The first kappa shape index (κ1) is 23.0. The lowest BCUT2D eigenvalue weighted by molar-refractivity contribution is -0.117. The van der Waals surface area contributed by atoms with E-state index in [2.05, 4.69) is 0 Å². The van der Waals surface area contributed by atoms with Crippen LogP contribution in [0.4, 0.5) is 5.69 Å². The number of rotatable bonds is 7. The fraction of sp³-hybridized carbons (Fsp3) is 0.222.